The van der Waals surface area contributed by atoms with Crippen LogP contribution < -0.4 is 5.73 Å². The first kappa shape index (κ1) is 10.7. The van der Waals surface area contributed by atoms with E-state index in [2.05, 4.69) is 6.92 Å². The zero-order valence-electron chi connectivity index (χ0n) is 7.99. The van der Waals surface area contributed by atoms with E-state index < -0.39 is 0 Å². The van der Waals surface area contributed by atoms with Gasteiger partial charge in [-0.05, 0) is 23.4 Å². The SMILES string of the molecule is CCCC[C@H](N)c1ccsc1CO. The van der Waals surface area contributed by atoms with Crippen molar-refractivity contribution >= 4 is 11.3 Å². The van der Waals surface area contributed by atoms with Gasteiger partial charge in [-0.2, -0.15) is 0 Å². The molecule has 0 saturated carbocycles. The average molecular weight is 199 g/mol. The molecular weight excluding hydrogens is 182 g/mol. The number of rotatable bonds is 5. The first-order chi connectivity index (χ1) is 6.29. The second kappa shape index (κ2) is 5.37. The molecule has 0 saturated heterocycles. The molecule has 0 radical (unpaired) electrons. The van der Waals surface area contributed by atoms with Crippen LogP contribution in [0.3, 0.4) is 0 Å². The van der Waals surface area contributed by atoms with Crippen LogP contribution in [0.4, 0.5) is 0 Å². The van der Waals surface area contributed by atoms with Gasteiger partial charge in [0.25, 0.3) is 0 Å². The van der Waals surface area contributed by atoms with E-state index in [0.717, 1.165) is 23.3 Å². The molecule has 2 nitrogen and oxygen atoms in total. The Hall–Kier alpha value is -0.380. The number of hydrogen-bond acceptors (Lipinski definition) is 3. The zero-order valence-corrected chi connectivity index (χ0v) is 8.81. The van der Waals surface area contributed by atoms with Gasteiger partial charge >= 0.3 is 0 Å². The van der Waals surface area contributed by atoms with Gasteiger partial charge in [-0.1, -0.05) is 19.8 Å². The van der Waals surface area contributed by atoms with Gasteiger partial charge in [0.15, 0.2) is 0 Å². The lowest BCUT2D eigenvalue weighted by Crippen LogP contribution is -2.10. The van der Waals surface area contributed by atoms with Crippen molar-refractivity contribution in [2.24, 2.45) is 5.73 Å². The minimum Gasteiger partial charge on any atom is -0.391 e. The summed E-state index contributed by atoms with van der Waals surface area (Å²) in [6.07, 6.45) is 3.34. The summed E-state index contributed by atoms with van der Waals surface area (Å²) in [4.78, 5) is 1.02. The van der Waals surface area contributed by atoms with Crippen LogP contribution in [0, 0.1) is 0 Å². The summed E-state index contributed by atoms with van der Waals surface area (Å²) < 4.78 is 0. The number of aliphatic hydroxyl groups is 1. The molecule has 1 heterocycles. The van der Waals surface area contributed by atoms with Crippen molar-refractivity contribution in [3.05, 3.63) is 21.9 Å². The van der Waals surface area contributed by atoms with E-state index in [1.54, 1.807) is 11.3 Å². The number of nitrogens with two attached hydrogens (primary N) is 1. The summed E-state index contributed by atoms with van der Waals surface area (Å²) in [7, 11) is 0. The van der Waals surface area contributed by atoms with Crippen LogP contribution in [0.15, 0.2) is 11.4 Å². The van der Waals surface area contributed by atoms with Gasteiger partial charge in [0.2, 0.25) is 0 Å². The molecular formula is C10H17NOS. The molecule has 1 rings (SSSR count). The number of unbranched alkanes of at least 4 members (excludes halogenated alkanes) is 1. The normalized spacial score (nSPS) is 13.2. The van der Waals surface area contributed by atoms with E-state index in [9.17, 15) is 0 Å². The molecule has 0 aliphatic rings. The van der Waals surface area contributed by atoms with Crippen molar-refractivity contribution in [3.63, 3.8) is 0 Å². The molecule has 0 bridgehead atoms. The molecule has 3 N–H and O–H groups in total. The van der Waals surface area contributed by atoms with E-state index in [-0.39, 0.29) is 12.6 Å². The molecule has 0 aliphatic carbocycles. The van der Waals surface area contributed by atoms with Crippen molar-refractivity contribution in [1.82, 2.24) is 0 Å². The summed E-state index contributed by atoms with van der Waals surface area (Å²) in [6, 6.07) is 2.13. The van der Waals surface area contributed by atoms with Gasteiger partial charge < -0.3 is 10.8 Å². The zero-order chi connectivity index (χ0) is 9.68. The smallest absolute Gasteiger partial charge is 0.0777 e. The Morgan fingerprint density at radius 3 is 3.00 bits per heavy atom. The van der Waals surface area contributed by atoms with E-state index in [1.165, 1.54) is 6.42 Å². The van der Waals surface area contributed by atoms with Gasteiger partial charge in [-0.25, -0.2) is 0 Å². The molecule has 1 atom stereocenters. The lowest BCUT2D eigenvalue weighted by atomic mass is 10.0. The topological polar surface area (TPSA) is 46.2 Å². The van der Waals surface area contributed by atoms with Crippen molar-refractivity contribution < 1.29 is 5.11 Å². The largest absolute Gasteiger partial charge is 0.391 e. The Labute approximate surface area is 83.4 Å². The lowest BCUT2D eigenvalue weighted by Gasteiger charge is -2.10. The Morgan fingerprint density at radius 2 is 2.38 bits per heavy atom. The number of thiophene rings is 1. The van der Waals surface area contributed by atoms with Crippen LogP contribution in [0.25, 0.3) is 0 Å². The van der Waals surface area contributed by atoms with E-state index in [0.29, 0.717) is 0 Å². The highest BCUT2D eigenvalue weighted by atomic mass is 32.1. The van der Waals surface area contributed by atoms with Crippen LogP contribution in [-0.4, -0.2) is 5.11 Å². The highest BCUT2D eigenvalue weighted by Crippen LogP contribution is 2.25. The van der Waals surface area contributed by atoms with Gasteiger partial charge in [0.1, 0.15) is 0 Å². The molecule has 0 aromatic carbocycles. The fraction of sp³-hybridized carbons (Fsp3) is 0.600. The monoisotopic (exact) mass is 199 g/mol. The van der Waals surface area contributed by atoms with Crippen LogP contribution in [0.5, 0.6) is 0 Å². The Kier molecular flexibility index (Phi) is 4.42. The molecule has 0 fully saturated rings. The van der Waals surface area contributed by atoms with Gasteiger partial charge in [-0.15, -0.1) is 11.3 Å². The Balaban J connectivity index is 2.59. The Bertz CT molecular complexity index is 247. The molecule has 1 aromatic rings. The van der Waals surface area contributed by atoms with Crippen molar-refractivity contribution in [2.75, 3.05) is 0 Å². The quantitative estimate of drug-likeness (QED) is 0.765. The van der Waals surface area contributed by atoms with Gasteiger partial charge in [0.05, 0.1) is 6.61 Å². The summed E-state index contributed by atoms with van der Waals surface area (Å²) >= 11 is 1.58. The van der Waals surface area contributed by atoms with Crippen molar-refractivity contribution in [2.45, 2.75) is 38.8 Å². The predicted molar refractivity (Wildman–Crippen MR) is 56.7 cm³/mol. The fourth-order valence-electron chi connectivity index (χ4n) is 1.39. The first-order valence-electron chi connectivity index (χ1n) is 4.72. The molecule has 1 aromatic heterocycles. The van der Waals surface area contributed by atoms with Crippen LogP contribution in [0.2, 0.25) is 0 Å². The third-order valence-corrected chi connectivity index (χ3v) is 3.11. The molecule has 74 valence electrons. The third kappa shape index (κ3) is 2.79. The van der Waals surface area contributed by atoms with Gasteiger partial charge in [-0.3, -0.25) is 0 Å². The number of hydrogen-bond donors (Lipinski definition) is 2. The molecule has 0 aliphatic heterocycles. The van der Waals surface area contributed by atoms with E-state index in [4.69, 9.17) is 10.8 Å². The van der Waals surface area contributed by atoms with Crippen molar-refractivity contribution in [3.8, 4) is 0 Å². The molecule has 0 spiro atoms. The van der Waals surface area contributed by atoms with Crippen LogP contribution in [0.1, 0.15) is 42.7 Å². The second-order valence-corrected chi connectivity index (χ2v) is 4.21. The van der Waals surface area contributed by atoms with Crippen molar-refractivity contribution in [1.29, 1.82) is 0 Å². The summed E-state index contributed by atoms with van der Waals surface area (Å²) in [5, 5.41) is 11.0. The highest BCUT2D eigenvalue weighted by molar-refractivity contribution is 7.10. The predicted octanol–water partition coefficient (Wildman–Crippen LogP) is 2.43. The summed E-state index contributed by atoms with van der Waals surface area (Å²) in [5.41, 5.74) is 7.12. The van der Waals surface area contributed by atoms with E-state index in [1.807, 2.05) is 11.4 Å². The number of aliphatic hydroxyl groups excluding tert-OH is 1. The summed E-state index contributed by atoms with van der Waals surface area (Å²) in [5.74, 6) is 0. The minimum absolute atomic E-state index is 0.105. The molecule has 3 heteroatoms. The molecule has 0 unspecified atom stereocenters. The first-order valence-corrected chi connectivity index (χ1v) is 5.60. The highest BCUT2D eigenvalue weighted by Gasteiger charge is 2.10. The standard InChI is InChI=1S/C10H17NOS/c1-2-3-4-9(11)8-5-6-13-10(8)7-12/h5-6,9,12H,2-4,7,11H2,1H3/t9-/m0/s1. The second-order valence-electron chi connectivity index (χ2n) is 3.21. The maximum absolute atomic E-state index is 9.04. The summed E-state index contributed by atoms with van der Waals surface area (Å²) in [6.45, 7) is 2.28. The van der Waals surface area contributed by atoms with Crippen LogP contribution in [-0.2, 0) is 6.61 Å². The maximum Gasteiger partial charge on any atom is 0.0777 e. The fourth-order valence-corrected chi connectivity index (χ4v) is 2.20. The average Bonchev–Trinajstić information content (AvgIpc) is 2.61. The lowest BCUT2D eigenvalue weighted by molar-refractivity contribution is 0.283. The Morgan fingerprint density at radius 1 is 1.62 bits per heavy atom. The molecule has 0 amide bonds. The van der Waals surface area contributed by atoms with Gasteiger partial charge in [0, 0.05) is 10.9 Å². The maximum atomic E-state index is 9.04. The van der Waals surface area contributed by atoms with E-state index >= 15 is 0 Å². The minimum atomic E-state index is 0.105. The molecule has 13 heavy (non-hydrogen) atoms. The third-order valence-electron chi connectivity index (χ3n) is 2.19. The van der Waals surface area contributed by atoms with Crippen LogP contribution >= 0.6 is 11.3 Å².